The van der Waals surface area contributed by atoms with Crippen LogP contribution in [0.15, 0.2) is 24.7 Å². The lowest BCUT2D eigenvalue weighted by atomic mass is 9.98. The summed E-state index contributed by atoms with van der Waals surface area (Å²) in [4.78, 5) is 18.2. The minimum Gasteiger partial charge on any atom is -0.421 e. The maximum absolute atomic E-state index is 13.3. The highest BCUT2D eigenvalue weighted by Crippen LogP contribution is 2.39. The molecule has 0 fully saturated rings. The largest absolute Gasteiger partial charge is 0.421 e. The molecule has 2 rings (SSSR count). The van der Waals surface area contributed by atoms with Gasteiger partial charge in [-0.15, -0.1) is 0 Å². The van der Waals surface area contributed by atoms with Crippen LogP contribution in [0.25, 0.3) is 0 Å². The molecule has 1 N–H and O–H groups in total. The van der Waals surface area contributed by atoms with Crippen molar-refractivity contribution in [3.8, 4) is 5.75 Å². The zero-order chi connectivity index (χ0) is 17.0. The number of hydrogen-bond acceptors (Lipinski definition) is 4. The van der Waals surface area contributed by atoms with Crippen LogP contribution in [-0.2, 0) is 17.3 Å². The molecule has 124 valence electrons. The van der Waals surface area contributed by atoms with Gasteiger partial charge in [0.15, 0.2) is 5.69 Å². The van der Waals surface area contributed by atoms with Crippen LogP contribution in [-0.4, -0.2) is 29.7 Å². The Morgan fingerprint density at radius 1 is 1.35 bits per heavy atom. The van der Waals surface area contributed by atoms with Gasteiger partial charge in [-0.25, -0.2) is 9.78 Å². The second-order valence-corrected chi connectivity index (χ2v) is 4.82. The van der Waals surface area contributed by atoms with Crippen LogP contribution in [0.2, 0.25) is 0 Å². The van der Waals surface area contributed by atoms with E-state index >= 15 is 0 Å². The molecule has 0 aliphatic carbocycles. The first-order chi connectivity index (χ1) is 10.8. The van der Waals surface area contributed by atoms with E-state index < -0.39 is 17.7 Å². The van der Waals surface area contributed by atoms with Crippen LogP contribution in [0.3, 0.4) is 0 Å². The number of aromatic amines is 1. The fraction of sp³-hybridized carbons (Fsp3) is 0.333. The Balaban J connectivity index is 2.43. The zero-order valence-corrected chi connectivity index (χ0v) is 12.5. The van der Waals surface area contributed by atoms with Crippen molar-refractivity contribution in [2.45, 2.75) is 19.5 Å². The topological polar surface area (TPSA) is 64.2 Å². The van der Waals surface area contributed by atoms with Gasteiger partial charge in [-0.2, -0.15) is 13.2 Å². The van der Waals surface area contributed by atoms with E-state index in [9.17, 15) is 18.0 Å². The maximum atomic E-state index is 13.3. The molecule has 5 nitrogen and oxygen atoms in total. The van der Waals surface area contributed by atoms with Gasteiger partial charge in [0, 0.05) is 25.3 Å². The van der Waals surface area contributed by atoms with Crippen molar-refractivity contribution in [1.29, 1.82) is 0 Å². The van der Waals surface area contributed by atoms with Crippen molar-refractivity contribution in [1.82, 2.24) is 9.97 Å². The molecule has 0 aliphatic rings. The van der Waals surface area contributed by atoms with Crippen LogP contribution in [0.5, 0.6) is 5.75 Å². The van der Waals surface area contributed by atoms with Crippen LogP contribution in [0.4, 0.5) is 13.2 Å². The van der Waals surface area contributed by atoms with Crippen molar-refractivity contribution in [2.75, 3.05) is 13.7 Å². The summed E-state index contributed by atoms with van der Waals surface area (Å²) in [5, 5.41) is 0. The first-order valence-corrected chi connectivity index (χ1v) is 6.74. The predicted octanol–water partition coefficient (Wildman–Crippen LogP) is 3.15. The summed E-state index contributed by atoms with van der Waals surface area (Å²) in [5.74, 6) is -0.977. The Morgan fingerprint density at radius 2 is 2.09 bits per heavy atom. The highest BCUT2D eigenvalue weighted by molar-refractivity contribution is 5.88. The Morgan fingerprint density at radius 3 is 2.65 bits per heavy atom. The van der Waals surface area contributed by atoms with E-state index in [-0.39, 0.29) is 35.6 Å². The summed E-state index contributed by atoms with van der Waals surface area (Å²) in [7, 11) is 1.39. The van der Waals surface area contributed by atoms with Crippen LogP contribution in [0, 0.1) is 6.92 Å². The summed E-state index contributed by atoms with van der Waals surface area (Å²) in [5.41, 5.74) is -0.870. The lowest BCUT2D eigenvalue weighted by molar-refractivity contribution is -0.138. The lowest BCUT2D eigenvalue weighted by Gasteiger charge is -2.18. The van der Waals surface area contributed by atoms with Crippen molar-refractivity contribution in [2.24, 2.45) is 0 Å². The van der Waals surface area contributed by atoms with E-state index in [1.165, 1.54) is 38.7 Å². The number of halogens is 3. The molecule has 0 saturated heterocycles. The molecule has 0 saturated carbocycles. The van der Waals surface area contributed by atoms with E-state index in [1.807, 2.05) is 0 Å². The van der Waals surface area contributed by atoms with Gasteiger partial charge in [0.05, 0.1) is 18.5 Å². The molecule has 2 aromatic rings. The van der Waals surface area contributed by atoms with Gasteiger partial charge in [-0.05, 0) is 18.6 Å². The number of imidazole rings is 1. The monoisotopic (exact) mass is 328 g/mol. The van der Waals surface area contributed by atoms with Gasteiger partial charge in [-0.1, -0.05) is 6.07 Å². The van der Waals surface area contributed by atoms with E-state index in [4.69, 9.17) is 9.47 Å². The van der Waals surface area contributed by atoms with Gasteiger partial charge >= 0.3 is 12.1 Å². The van der Waals surface area contributed by atoms with Crippen molar-refractivity contribution in [3.63, 3.8) is 0 Å². The molecule has 23 heavy (non-hydrogen) atoms. The van der Waals surface area contributed by atoms with E-state index in [1.54, 1.807) is 0 Å². The number of hydrogen-bond donors (Lipinski definition) is 1. The number of methoxy groups -OCH3 is 1. The van der Waals surface area contributed by atoms with Gasteiger partial charge in [-0.3, -0.25) is 0 Å². The summed E-state index contributed by atoms with van der Waals surface area (Å²) in [6.07, 6.45) is -2.01. The van der Waals surface area contributed by atoms with Crippen LogP contribution in [0.1, 0.15) is 27.2 Å². The standard InChI is InChI=1S/C15H15F3N2O3/c1-9-3-4-12(23-14(21)11-7-19-8-20-11)10(5-6-22-2)13(9)15(16,17)18/h3-4,7-8H,5-6H2,1-2H3,(H,19,20). The maximum Gasteiger partial charge on any atom is 0.417 e. The number of carbonyl (C=O) groups excluding carboxylic acids is 1. The summed E-state index contributed by atoms with van der Waals surface area (Å²) in [6, 6.07) is 2.62. The molecule has 8 heteroatoms. The van der Waals surface area contributed by atoms with Crippen molar-refractivity contribution >= 4 is 5.97 Å². The van der Waals surface area contributed by atoms with E-state index in [0.717, 1.165) is 0 Å². The van der Waals surface area contributed by atoms with Crippen LogP contribution >= 0.6 is 0 Å². The summed E-state index contributed by atoms with van der Waals surface area (Å²) in [6.45, 7) is 1.43. The van der Waals surface area contributed by atoms with Crippen molar-refractivity contribution in [3.05, 3.63) is 47.0 Å². The summed E-state index contributed by atoms with van der Waals surface area (Å²) >= 11 is 0. The normalized spacial score (nSPS) is 11.5. The highest BCUT2D eigenvalue weighted by Gasteiger charge is 2.36. The van der Waals surface area contributed by atoms with Crippen LogP contribution < -0.4 is 4.74 Å². The Labute approximate surface area is 130 Å². The molecule has 0 aliphatic heterocycles. The molecule has 1 aromatic heterocycles. The van der Waals surface area contributed by atoms with Gasteiger partial charge in [0.1, 0.15) is 5.75 Å². The fourth-order valence-electron chi connectivity index (χ4n) is 2.21. The minimum absolute atomic E-state index is 0.0168. The smallest absolute Gasteiger partial charge is 0.417 e. The quantitative estimate of drug-likeness (QED) is 0.676. The second-order valence-electron chi connectivity index (χ2n) is 4.82. The number of carbonyl (C=O) groups is 1. The predicted molar refractivity (Wildman–Crippen MR) is 75.3 cm³/mol. The van der Waals surface area contributed by atoms with Gasteiger partial charge in [0.25, 0.3) is 0 Å². The third-order valence-corrected chi connectivity index (χ3v) is 3.23. The number of ether oxygens (including phenoxy) is 2. The zero-order valence-electron chi connectivity index (χ0n) is 12.5. The molecular formula is C15H15F3N2O3. The number of esters is 1. The molecular weight excluding hydrogens is 313 g/mol. The van der Waals surface area contributed by atoms with Gasteiger partial charge in [0.2, 0.25) is 0 Å². The lowest BCUT2D eigenvalue weighted by Crippen LogP contribution is -2.17. The third kappa shape index (κ3) is 3.89. The van der Waals surface area contributed by atoms with Crippen molar-refractivity contribution < 1.29 is 27.4 Å². The van der Waals surface area contributed by atoms with E-state index in [2.05, 4.69) is 9.97 Å². The first kappa shape index (κ1) is 17.0. The summed E-state index contributed by atoms with van der Waals surface area (Å²) < 4.78 is 49.9. The first-order valence-electron chi connectivity index (χ1n) is 6.74. The molecule has 0 spiro atoms. The molecule has 1 aromatic carbocycles. The third-order valence-electron chi connectivity index (χ3n) is 3.23. The Hall–Kier alpha value is -2.35. The average molecular weight is 328 g/mol. The second kappa shape index (κ2) is 6.82. The molecule has 0 radical (unpaired) electrons. The molecule has 0 bridgehead atoms. The fourth-order valence-corrected chi connectivity index (χ4v) is 2.21. The number of aromatic nitrogens is 2. The number of aryl methyl sites for hydroxylation is 1. The SMILES string of the molecule is COCCc1c(OC(=O)c2c[nH]cn2)ccc(C)c1C(F)(F)F. The Kier molecular flexibility index (Phi) is 5.05. The number of H-pyrrole nitrogens is 1. The highest BCUT2D eigenvalue weighted by atomic mass is 19.4. The molecule has 0 amide bonds. The Bertz CT molecular complexity index is 682. The van der Waals surface area contributed by atoms with Gasteiger partial charge < -0.3 is 14.5 Å². The molecule has 1 heterocycles. The number of nitrogens with one attached hydrogen (secondary N) is 1. The number of benzene rings is 1. The molecule has 0 unspecified atom stereocenters. The van der Waals surface area contributed by atoms with E-state index in [0.29, 0.717) is 0 Å². The molecule has 0 atom stereocenters. The number of rotatable bonds is 5. The average Bonchev–Trinajstić information content (AvgIpc) is 3.00. The number of alkyl halides is 3. The number of nitrogens with zero attached hydrogens (tertiary/aromatic N) is 1. The minimum atomic E-state index is -4.55.